The summed E-state index contributed by atoms with van der Waals surface area (Å²) in [5.41, 5.74) is 0.843. The van der Waals surface area contributed by atoms with Crippen molar-refractivity contribution in [2.24, 2.45) is 0 Å². The van der Waals surface area contributed by atoms with Crippen molar-refractivity contribution < 1.29 is 22.6 Å². The third-order valence-electron chi connectivity index (χ3n) is 3.65. The predicted molar refractivity (Wildman–Crippen MR) is 93.3 cm³/mol. The summed E-state index contributed by atoms with van der Waals surface area (Å²) in [6.07, 6.45) is 3.26. The Morgan fingerprint density at radius 1 is 1.00 bits per heavy atom. The van der Waals surface area contributed by atoms with Crippen LogP contribution in [-0.2, 0) is 21.3 Å². The summed E-state index contributed by atoms with van der Waals surface area (Å²) in [5, 5.41) is 0. The highest BCUT2D eigenvalue weighted by Gasteiger charge is 2.25. The molecule has 0 aliphatic heterocycles. The molecule has 0 bridgehead atoms. The lowest BCUT2D eigenvalue weighted by atomic mass is 10.3. The molecule has 136 valence electrons. The molecule has 0 fully saturated rings. The van der Waals surface area contributed by atoms with Gasteiger partial charge in [-0.25, -0.2) is 8.42 Å². The maximum Gasteiger partial charge on any atom is 0.243 e. The van der Waals surface area contributed by atoms with Crippen LogP contribution in [0.3, 0.4) is 0 Å². The molecule has 8 heteroatoms. The van der Waals surface area contributed by atoms with Crippen LogP contribution in [0.5, 0.6) is 11.5 Å². The van der Waals surface area contributed by atoms with Crippen molar-refractivity contribution in [1.29, 1.82) is 0 Å². The molecule has 0 amide bonds. The molecule has 0 radical (unpaired) electrons. The van der Waals surface area contributed by atoms with E-state index in [0.29, 0.717) is 11.5 Å². The molecule has 25 heavy (non-hydrogen) atoms. The normalized spacial score (nSPS) is 11.5. The Labute approximate surface area is 148 Å². The number of benzene rings is 1. The van der Waals surface area contributed by atoms with Gasteiger partial charge in [0.15, 0.2) is 11.5 Å². The van der Waals surface area contributed by atoms with Crippen molar-refractivity contribution in [1.82, 2.24) is 9.29 Å². The fourth-order valence-corrected chi connectivity index (χ4v) is 3.72. The van der Waals surface area contributed by atoms with Crippen molar-refractivity contribution >= 4 is 10.0 Å². The fourth-order valence-electron chi connectivity index (χ4n) is 2.30. The fraction of sp³-hybridized carbons (Fsp3) is 0.353. The van der Waals surface area contributed by atoms with E-state index in [0.717, 1.165) is 5.56 Å². The van der Waals surface area contributed by atoms with Crippen LogP contribution < -0.4 is 9.47 Å². The maximum absolute atomic E-state index is 13.1. The third kappa shape index (κ3) is 4.68. The van der Waals surface area contributed by atoms with Gasteiger partial charge in [0.1, 0.15) is 0 Å². The van der Waals surface area contributed by atoms with Crippen molar-refractivity contribution in [2.75, 3.05) is 34.5 Å². The summed E-state index contributed by atoms with van der Waals surface area (Å²) in [5.74, 6) is 0.832. The van der Waals surface area contributed by atoms with Crippen LogP contribution in [0, 0.1) is 0 Å². The number of hydrogen-bond donors (Lipinski definition) is 0. The van der Waals surface area contributed by atoms with Gasteiger partial charge in [-0.1, -0.05) is 0 Å². The van der Waals surface area contributed by atoms with Crippen molar-refractivity contribution in [3.63, 3.8) is 0 Å². The average molecular weight is 366 g/mol. The van der Waals surface area contributed by atoms with Gasteiger partial charge in [0, 0.05) is 38.7 Å². The molecule has 2 rings (SSSR count). The quantitative estimate of drug-likeness (QED) is 0.675. The number of nitrogens with zero attached hydrogens (tertiary/aromatic N) is 2. The van der Waals surface area contributed by atoms with E-state index in [1.165, 1.54) is 37.8 Å². The molecular formula is C17H22N2O5S. The Kier molecular flexibility index (Phi) is 6.74. The van der Waals surface area contributed by atoms with E-state index >= 15 is 0 Å². The summed E-state index contributed by atoms with van der Waals surface area (Å²) in [6, 6.07) is 8.10. The SMILES string of the molecule is COCCN(Cc1ccncc1)S(=O)(=O)c1ccc(OC)c(OC)c1. The molecule has 0 N–H and O–H groups in total. The first-order chi connectivity index (χ1) is 12.0. The highest BCUT2D eigenvalue weighted by Crippen LogP contribution is 2.31. The van der Waals surface area contributed by atoms with Crippen LogP contribution in [0.4, 0.5) is 0 Å². The van der Waals surface area contributed by atoms with Gasteiger partial charge in [0.05, 0.1) is 25.7 Å². The van der Waals surface area contributed by atoms with E-state index in [1.807, 2.05) is 0 Å². The molecule has 0 aliphatic rings. The lowest BCUT2D eigenvalue weighted by Crippen LogP contribution is -2.33. The van der Waals surface area contributed by atoms with E-state index in [4.69, 9.17) is 14.2 Å². The van der Waals surface area contributed by atoms with Crippen LogP contribution in [0.2, 0.25) is 0 Å². The maximum atomic E-state index is 13.1. The molecule has 0 saturated heterocycles. The zero-order valence-corrected chi connectivity index (χ0v) is 15.3. The molecule has 1 heterocycles. The number of ether oxygens (including phenoxy) is 3. The Balaban J connectivity index is 2.37. The van der Waals surface area contributed by atoms with Gasteiger partial charge in [0.2, 0.25) is 10.0 Å². The largest absolute Gasteiger partial charge is 0.493 e. The lowest BCUT2D eigenvalue weighted by molar-refractivity contribution is 0.177. The van der Waals surface area contributed by atoms with Gasteiger partial charge < -0.3 is 14.2 Å². The summed E-state index contributed by atoms with van der Waals surface area (Å²) in [7, 11) is 0.770. The zero-order chi connectivity index (χ0) is 18.3. The van der Waals surface area contributed by atoms with Gasteiger partial charge in [-0.05, 0) is 29.8 Å². The topological polar surface area (TPSA) is 78.0 Å². The van der Waals surface area contributed by atoms with Crippen molar-refractivity contribution in [3.05, 3.63) is 48.3 Å². The summed E-state index contributed by atoms with van der Waals surface area (Å²) in [6.45, 7) is 0.746. The van der Waals surface area contributed by atoms with Gasteiger partial charge in [-0.3, -0.25) is 4.98 Å². The Bertz CT molecular complexity index is 781. The minimum atomic E-state index is -3.73. The van der Waals surface area contributed by atoms with E-state index in [2.05, 4.69) is 4.98 Å². The summed E-state index contributed by atoms with van der Waals surface area (Å²) >= 11 is 0. The van der Waals surface area contributed by atoms with Crippen LogP contribution in [0.25, 0.3) is 0 Å². The van der Waals surface area contributed by atoms with E-state index < -0.39 is 10.0 Å². The summed E-state index contributed by atoms with van der Waals surface area (Å²) < 4.78 is 42.9. The highest BCUT2D eigenvalue weighted by molar-refractivity contribution is 7.89. The number of aromatic nitrogens is 1. The second kappa shape index (κ2) is 8.80. The molecule has 0 saturated carbocycles. The minimum Gasteiger partial charge on any atom is -0.493 e. The molecule has 1 aromatic carbocycles. The first-order valence-electron chi connectivity index (χ1n) is 7.63. The van der Waals surface area contributed by atoms with Crippen molar-refractivity contribution in [2.45, 2.75) is 11.4 Å². The first-order valence-corrected chi connectivity index (χ1v) is 9.07. The minimum absolute atomic E-state index is 0.135. The van der Waals surface area contributed by atoms with E-state index in [1.54, 1.807) is 30.6 Å². The predicted octanol–water partition coefficient (Wildman–Crippen LogP) is 1.94. The first kappa shape index (κ1) is 19.2. The molecule has 0 unspecified atom stereocenters. The second-order valence-corrected chi connectivity index (χ2v) is 7.14. The van der Waals surface area contributed by atoms with E-state index in [-0.39, 0.29) is 24.6 Å². The molecule has 0 aliphatic carbocycles. The molecule has 0 spiro atoms. The molecule has 2 aromatic rings. The van der Waals surface area contributed by atoms with Crippen LogP contribution >= 0.6 is 0 Å². The number of sulfonamides is 1. The second-order valence-electron chi connectivity index (χ2n) is 5.20. The third-order valence-corrected chi connectivity index (χ3v) is 5.49. The smallest absolute Gasteiger partial charge is 0.243 e. The molecule has 7 nitrogen and oxygen atoms in total. The van der Waals surface area contributed by atoms with Gasteiger partial charge in [-0.2, -0.15) is 4.31 Å². The summed E-state index contributed by atoms with van der Waals surface area (Å²) in [4.78, 5) is 4.09. The molecule has 1 aromatic heterocycles. The van der Waals surface area contributed by atoms with Crippen LogP contribution in [-0.4, -0.2) is 52.2 Å². The highest BCUT2D eigenvalue weighted by atomic mass is 32.2. The number of methoxy groups -OCH3 is 3. The van der Waals surface area contributed by atoms with Gasteiger partial charge >= 0.3 is 0 Å². The standard InChI is InChI=1S/C17H22N2O5S/c1-22-11-10-19(13-14-6-8-18-9-7-14)25(20,21)15-4-5-16(23-2)17(12-15)24-3/h4-9,12H,10-11,13H2,1-3H3. The average Bonchev–Trinajstić information content (AvgIpc) is 2.65. The molecule has 0 atom stereocenters. The van der Waals surface area contributed by atoms with Crippen LogP contribution in [0.15, 0.2) is 47.6 Å². The zero-order valence-electron chi connectivity index (χ0n) is 14.5. The number of pyridine rings is 1. The van der Waals surface area contributed by atoms with Gasteiger partial charge in [-0.15, -0.1) is 0 Å². The Morgan fingerprint density at radius 2 is 1.68 bits per heavy atom. The Morgan fingerprint density at radius 3 is 2.28 bits per heavy atom. The van der Waals surface area contributed by atoms with E-state index in [9.17, 15) is 8.42 Å². The lowest BCUT2D eigenvalue weighted by Gasteiger charge is -2.22. The molecular weight excluding hydrogens is 344 g/mol. The van der Waals surface area contributed by atoms with Gasteiger partial charge in [0.25, 0.3) is 0 Å². The monoisotopic (exact) mass is 366 g/mol. The number of hydrogen-bond acceptors (Lipinski definition) is 6. The number of rotatable bonds is 9. The Hall–Kier alpha value is -2.16. The van der Waals surface area contributed by atoms with Crippen molar-refractivity contribution in [3.8, 4) is 11.5 Å². The van der Waals surface area contributed by atoms with Crippen LogP contribution in [0.1, 0.15) is 5.56 Å².